The van der Waals surface area contributed by atoms with E-state index in [1.165, 1.54) is 29.2 Å². The zero-order chi connectivity index (χ0) is 22.2. The molecule has 1 aliphatic rings. The van der Waals surface area contributed by atoms with Crippen LogP contribution in [0.15, 0.2) is 54.7 Å². The molecule has 0 unspecified atom stereocenters. The summed E-state index contributed by atoms with van der Waals surface area (Å²) >= 11 is 5.82. The number of carbonyl (C=O) groups is 1. The highest BCUT2D eigenvalue weighted by Crippen LogP contribution is 2.34. The summed E-state index contributed by atoms with van der Waals surface area (Å²) in [6, 6.07) is 12.4. The van der Waals surface area contributed by atoms with Crippen LogP contribution < -0.4 is 4.90 Å². The number of amides is 1. The Morgan fingerprint density at radius 2 is 1.68 bits per heavy atom. The van der Waals surface area contributed by atoms with E-state index in [4.69, 9.17) is 11.6 Å². The molecule has 1 aromatic heterocycles. The third kappa shape index (κ3) is 4.32. The van der Waals surface area contributed by atoms with Crippen molar-refractivity contribution in [2.75, 3.05) is 31.1 Å². The lowest BCUT2D eigenvalue weighted by Gasteiger charge is -2.36. The molecular weight excluding hydrogens is 433 g/mol. The van der Waals surface area contributed by atoms with Crippen LogP contribution in [0.2, 0.25) is 5.02 Å². The first-order valence-electron chi connectivity index (χ1n) is 9.48. The van der Waals surface area contributed by atoms with E-state index in [9.17, 15) is 23.1 Å². The minimum Gasteiger partial charge on any atom is -0.508 e. The van der Waals surface area contributed by atoms with Crippen molar-refractivity contribution in [3.8, 4) is 11.4 Å². The summed E-state index contributed by atoms with van der Waals surface area (Å²) in [6.45, 7) is 1.36. The summed E-state index contributed by atoms with van der Waals surface area (Å²) in [5, 5.41) is 13.9. The number of hydrogen-bond acceptors (Lipinski definition) is 4. The highest BCUT2D eigenvalue weighted by atomic mass is 35.5. The number of carbonyl (C=O) groups excluding carboxylic acids is 1. The number of phenolic OH excluding ortho intramolecular Hbond substituents is 1. The van der Waals surface area contributed by atoms with Crippen molar-refractivity contribution in [3.63, 3.8) is 0 Å². The number of aromatic nitrogens is 2. The predicted molar refractivity (Wildman–Crippen MR) is 110 cm³/mol. The average molecular weight is 451 g/mol. The lowest BCUT2D eigenvalue weighted by atomic mass is 10.1. The van der Waals surface area contributed by atoms with Crippen molar-refractivity contribution in [2.45, 2.75) is 6.18 Å². The van der Waals surface area contributed by atoms with Gasteiger partial charge < -0.3 is 14.9 Å². The minimum absolute atomic E-state index is 0.125. The van der Waals surface area contributed by atoms with Crippen molar-refractivity contribution in [2.24, 2.45) is 0 Å². The Hall–Kier alpha value is -3.20. The molecule has 3 aromatic rings. The van der Waals surface area contributed by atoms with Gasteiger partial charge in [0.05, 0.1) is 17.4 Å². The molecule has 1 aliphatic heterocycles. The molecule has 31 heavy (non-hydrogen) atoms. The lowest BCUT2D eigenvalue weighted by molar-refractivity contribution is -0.143. The molecule has 0 spiro atoms. The van der Waals surface area contributed by atoms with E-state index < -0.39 is 23.3 Å². The molecule has 0 saturated carbocycles. The summed E-state index contributed by atoms with van der Waals surface area (Å²) in [7, 11) is 0. The molecule has 2 aromatic carbocycles. The third-order valence-corrected chi connectivity index (χ3v) is 5.35. The number of hydrogen-bond donors (Lipinski definition) is 1. The fourth-order valence-electron chi connectivity index (χ4n) is 3.58. The van der Waals surface area contributed by atoms with Gasteiger partial charge in [-0.2, -0.15) is 18.3 Å². The Kier molecular flexibility index (Phi) is 5.53. The first kappa shape index (κ1) is 21.0. The second-order valence-electron chi connectivity index (χ2n) is 7.09. The number of rotatable bonds is 3. The number of halogens is 4. The van der Waals surface area contributed by atoms with E-state index in [2.05, 4.69) is 5.10 Å². The number of piperazine rings is 1. The molecule has 0 aliphatic carbocycles. The summed E-state index contributed by atoms with van der Waals surface area (Å²) in [4.78, 5) is 16.3. The molecule has 0 radical (unpaired) electrons. The van der Waals surface area contributed by atoms with E-state index in [0.29, 0.717) is 22.8 Å². The largest absolute Gasteiger partial charge is 0.508 e. The van der Waals surface area contributed by atoms with Crippen LogP contribution in [0.1, 0.15) is 16.1 Å². The van der Waals surface area contributed by atoms with E-state index in [1.807, 2.05) is 11.0 Å². The Balaban J connectivity index is 1.57. The second kappa shape index (κ2) is 8.14. The van der Waals surface area contributed by atoms with Crippen LogP contribution >= 0.6 is 11.6 Å². The summed E-state index contributed by atoms with van der Waals surface area (Å²) < 4.78 is 42.3. The maximum atomic E-state index is 13.9. The lowest BCUT2D eigenvalue weighted by Crippen LogP contribution is -2.49. The third-order valence-electron chi connectivity index (χ3n) is 5.10. The molecule has 10 heteroatoms. The first-order valence-corrected chi connectivity index (χ1v) is 9.86. The summed E-state index contributed by atoms with van der Waals surface area (Å²) in [5.74, 6) is -0.594. The smallest absolute Gasteiger partial charge is 0.434 e. The fourth-order valence-corrected chi connectivity index (χ4v) is 3.71. The number of aromatic hydroxyl groups is 1. The number of phenols is 1. The minimum atomic E-state index is -4.77. The van der Waals surface area contributed by atoms with Crippen LogP contribution in [0.25, 0.3) is 5.69 Å². The number of nitrogens with zero attached hydrogens (tertiary/aromatic N) is 4. The van der Waals surface area contributed by atoms with Crippen molar-refractivity contribution in [1.29, 1.82) is 0 Å². The van der Waals surface area contributed by atoms with Crippen LogP contribution in [-0.2, 0) is 6.18 Å². The van der Waals surface area contributed by atoms with Crippen molar-refractivity contribution < 1.29 is 23.1 Å². The van der Waals surface area contributed by atoms with Gasteiger partial charge in [0, 0.05) is 43.0 Å². The Labute approximate surface area is 181 Å². The van der Waals surface area contributed by atoms with Gasteiger partial charge in [-0.05, 0) is 36.4 Å². The van der Waals surface area contributed by atoms with Gasteiger partial charge in [-0.1, -0.05) is 17.7 Å². The predicted octanol–water partition coefficient (Wildman–Crippen LogP) is 4.21. The molecule has 2 heterocycles. The Morgan fingerprint density at radius 1 is 1.00 bits per heavy atom. The first-order chi connectivity index (χ1) is 14.7. The molecular formula is C21H18ClF3N4O2. The number of anilines is 1. The summed E-state index contributed by atoms with van der Waals surface area (Å²) in [6.07, 6.45) is -3.81. The number of alkyl halides is 3. The van der Waals surface area contributed by atoms with Crippen LogP contribution in [0, 0.1) is 0 Å². The maximum Gasteiger partial charge on any atom is 0.434 e. The molecule has 1 fully saturated rings. The zero-order valence-corrected chi connectivity index (χ0v) is 16.9. The van der Waals surface area contributed by atoms with Crippen molar-refractivity contribution >= 4 is 23.2 Å². The summed E-state index contributed by atoms with van der Waals surface area (Å²) in [5.41, 5.74) is -0.661. The molecule has 162 valence electrons. The standard InChI is InChI=1S/C21H18ClF3N4O2/c22-14-4-6-15(7-5-14)29-19(21(23,24)25)18(13-26-29)20(31)28-10-8-27(9-11-28)16-2-1-3-17(30)12-16/h1-7,12-13,30H,8-11H2. The van der Waals surface area contributed by atoms with Gasteiger partial charge in [0.2, 0.25) is 0 Å². The zero-order valence-electron chi connectivity index (χ0n) is 16.2. The molecule has 1 saturated heterocycles. The van der Waals surface area contributed by atoms with E-state index in [1.54, 1.807) is 18.2 Å². The van der Waals surface area contributed by atoms with Gasteiger partial charge >= 0.3 is 6.18 Å². The average Bonchev–Trinajstić information content (AvgIpc) is 3.20. The molecule has 6 nitrogen and oxygen atoms in total. The second-order valence-corrected chi connectivity index (χ2v) is 7.53. The SMILES string of the molecule is O=C(c1cnn(-c2ccc(Cl)cc2)c1C(F)(F)F)N1CCN(c2cccc(O)c2)CC1. The molecule has 0 atom stereocenters. The Bertz CT molecular complexity index is 1090. The maximum absolute atomic E-state index is 13.9. The van der Waals surface area contributed by atoms with Crippen molar-refractivity contribution in [3.05, 3.63) is 71.0 Å². The van der Waals surface area contributed by atoms with Crippen LogP contribution in [0.3, 0.4) is 0 Å². The van der Waals surface area contributed by atoms with Gasteiger partial charge in [-0.3, -0.25) is 4.79 Å². The van der Waals surface area contributed by atoms with E-state index in [-0.39, 0.29) is 24.5 Å². The Morgan fingerprint density at radius 3 is 2.29 bits per heavy atom. The quantitative estimate of drug-likeness (QED) is 0.649. The fraction of sp³-hybridized carbons (Fsp3) is 0.238. The van der Waals surface area contributed by atoms with Crippen LogP contribution in [0.5, 0.6) is 5.75 Å². The highest BCUT2D eigenvalue weighted by Gasteiger charge is 2.41. The molecule has 1 N–H and O–H groups in total. The van der Waals surface area contributed by atoms with Gasteiger partial charge in [0.25, 0.3) is 5.91 Å². The van der Waals surface area contributed by atoms with Gasteiger partial charge in [-0.15, -0.1) is 0 Å². The normalized spacial score (nSPS) is 14.7. The van der Waals surface area contributed by atoms with Crippen molar-refractivity contribution in [1.82, 2.24) is 14.7 Å². The highest BCUT2D eigenvalue weighted by molar-refractivity contribution is 6.30. The van der Waals surface area contributed by atoms with Crippen LogP contribution in [0.4, 0.5) is 18.9 Å². The number of benzene rings is 2. The van der Waals surface area contributed by atoms with Gasteiger partial charge in [-0.25, -0.2) is 4.68 Å². The van der Waals surface area contributed by atoms with E-state index >= 15 is 0 Å². The van der Waals surface area contributed by atoms with Crippen LogP contribution in [-0.4, -0.2) is 51.9 Å². The molecule has 0 bridgehead atoms. The van der Waals surface area contributed by atoms with E-state index in [0.717, 1.165) is 11.9 Å². The monoisotopic (exact) mass is 450 g/mol. The van der Waals surface area contributed by atoms with Gasteiger partial charge in [0.15, 0.2) is 5.69 Å². The van der Waals surface area contributed by atoms with Gasteiger partial charge in [0.1, 0.15) is 5.75 Å². The molecule has 1 amide bonds. The molecule has 4 rings (SSSR count). The topological polar surface area (TPSA) is 61.6 Å².